The number of aliphatic carboxylic acids is 1. The van der Waals surface area contributed by atoms with Crippen molar-refractivity contribution in [1.82, 2.24) is 0 Å². The van der Waals surface area contributed by atoms with E-state index in [4.69, 9.17) is 5.11 Å². The van der Waals surface area contributed by atoms with Crippen LogP contribution in [0.4, 0.5) is 0 Å². The summed E-state index contributed by atoms with van der Waals surface area (Å²) in [6.07, 6.45) is 13.2. The molecule has 0 spiro atoms. The maximum absolute atomic E-state index is 10.6. The van der Waals surface area contributed by atoms with Gasteiger partial charge < -0.3 is 10.2 Å². The number of rotatable bonds is 6. The molecule has 0 saturated heterocycles. The molecule has 1 atom stereocenters. The first kappa shape index (κ1) is 20.2. The lowest BCUT2D eigenvalue weighted by Crippen LogP contribution is -2.26. The minimum absolute atomic E-state index is 0.128. The first-order valence-corrected chi connectivity index (χ1v) is 8.43. The fraction of sp³-hybridized carbons (Fsp3) is 0.476. The molecule has 3 nitrogen and oxygen atoms in total. The molecule has 132 valence electrons. The molecule has 1 aliphatic rings. The number of hydrogen-bond acceptors (Lipinski definition) is 2. The summed E-state index contributed by atoms with van der Waals surface area (Å²) >= 11 is 0. The summed E-state index contributed by atoms with van der Waals surface area (Å²) in [7, 11) is 0. The van der Waals surface area contributed by atoms with Crippen molar-refractivity contribution >= 4 is 5.97 Å². The van der Waals surface area contributed by atoms with Crippen molar-refractivity contribution in [2.45, 2.75) is 47.5 Å². The Morgan fingerprint density at radius 1 is 1.25 bits per heavy atom. The minimum Gasteiger partial charge on any atom is -0.478 e. The number of allylic oxidation sites excluding steroid dienone is 8. The van der Waals surface area contributed by atoms with Crippen LogP contribution in [0.25, 0.3) is 0 Å². The van der Waals surface area contributed by atoms with Crippen LogP contribution in [0.15, 0.2) is 58.7 Å². The molecule has 1 unspecified atom stereocenters. The number of carboxylic acid groups (broad SMARTS) is 1. The van der Waals surface area contributed by atoms with Crippen LogP contribution >= 0.6 is 0 Å². The third-order valence-corrected chi connectivity index (χ3v) is 4.69. The van der Waals surface area contributed by atoms with Gasteiger partial charge in [0.1, 0.15) is 0 Å². The second-order valence-electron chi connectivity index (χ2n) is 7.23. The molecular formula is C21H30O3. The Bertz CT molecular complexity index is 613. The molecule has 0 saturated carbocycles. The van der Waals surface area contributed by atoms with Crippen LogP contribution in [0.1, 0.15) is 47.5 Å². The SMILES string of the molecule is CC(C=CC1=C(C)C(CO)CCC1(C)C)=CC=CC(C)=CC(=O)O. The monoisotopic (exact) mass is 330 g/mol. The highest BCUT2D eigenvalue weighted by atomic mass is 16.4. The average Bonchev–Trinajstić information content (AvgIpc) is 2.45. The molecule has 1 aliphatic carbocycles. The van der Waals surface area contributed by atoms with Gasteiger partial charge in [-0.1, -0.05) is 55.4 Å². The van der Waals surface area contributed by atoms with Gasteiger partial charge in [-0.15, -0.1) is 0 Å². The molecule has 0 aromatic carbocycles. The van der Waals surface area contributed by atoms with Gasteiger partial charge in [-0.25, -0.2) is 4.79 Å². The molecule has 1 rings (SSSR count). The van der Waals surface area contributed by atoms with Gasteiger partial charge in [0.25, 0.3) is 0 Å². The lowest BCUT2D eigenvalue weighted by molar-refractivity contribution is -0.131. The molecule has 2 N–H and O–H groups in total. The van der Waals surface area contributed by atoms with Crippen LogP contribution in [0.3, 0.4) is 0 Å². The second kappa shape index (κ2) is 8.84. The van der Waals surface area contributed by atoms with Gasteiger partial charge in [-0.2, -0.15) is 0 Å². The predicted octanol–water partition coefficient (Wildman–Crippen LogP) is 4.82. The van der Waals surface area contributed by atoms with E-state index in [0.29, 0.717) is 5.57 Å². The fourth-order valence-corrected chi connectivity index (χ4v) is 3.09. The third kappa shape index (κ3) is 5.97. The Morgan fingerprint density at radius 2 is 1.92 bits per heavy atom. The van der Waals surface area contributed by atoms with E-state index in [1.807, 2.05) is 19.1 Å². The van der Waals surface area contributed by atoms with Gasteiger partial charge in [0.05, 0.1) is 0 Å². The number of aliphatic hydroxyl groups is 1. The topological polar surface area (TPSA) is 57.5 Å². The van der Waals surface area contributed by atoms with Crippen molar-refractivity contribution in [2.24, 2.45) is 11.3 Å². The lowest BCUT2D eigenvalue weighted by atomic mass is 9.69. The van der Waals surface area contributed by atoms with E-state index in [1.54, 1.807) is 13.0 Å². The van der Waals surface area contributed by atoms with Gasteiger partial charge in [-0.3, -0.25) is 0 Å². The highest BCUT2D eigenvalue weighted by Crippen LogP contribution is 2.43. The Kier molecular flexibility index (Phi) is 7.43. The molecule has 0 bridgehead atoms. The summed E-state index contributed by atoms with van der Waals surface area (Å²) in [5, 5.41) is 18.2. The molecule has 24 heavy (non-hydrogen) atoms. The van der Waals surface area contributed by atoms with E-state index in [1.165, 1.54) is 17.2 Å². The Balaban J connectivity index is 2.91. The van der Waals surface area contributed by atoms with Crippen molar-refractivity contribution < 1.29 is 15.0 Å². The zero-order valence-electron chi connectivity index (χ0n) is 15.5. The minimum atomic E-state index is -0.932. The molecule has 0 fully saturated rings. The number of carbonyl (C=O) groups is 1. The third-order valence-electron chi connectivity index (χ3n) is 4.69. The van der Waals surface area contributed by atoms with Gasteiger partial charge >= 0.3 is 5.97 Å². The van der Waals surface area contributed by atoms with Crippen LogP contribution in [0.5, 0.6) is 0 Å². The van der Waals surface area contributed by atoms with E-state index >= 15 is 0 Å². The maximum Gasteiger partial charge on any atom is 0.328 e. The van der Waals surface area contributed by atoms with Crippen molar-refractivity contribution in [1.29, 1.82) is 0 Å². The van der Waals surface area contributed by atoms with Crippen LogP contribution < -0.4 is 0 Å². The number of hydrogen-bond donors (Lipinski definition) is 2. The summed E-state index contributed by atoms with van der Waals surface area (Å²) < 4.78 is 0. The normalized spacial score (nSPS) is 22.7. The smallest absolute Gasteiger partial charge is 0.328 e. The van der Waals surface area contributed by atoms with E-state index in [9.17, 15) is 9.90 Å². The summed E-state index contributed by atoms with van der Waals surface area (Å²) in [4.78, 5) is 10.6. The van der Waals surface area contributed by atoms with Crippen molar-refractivity contribution in [3.8, 4) is 0 Å². The molecule has 0 heterocycles. The van der Waals surface area contributed by atoms with E-state index in [2.05, 4.69) is 32.9 Å². The maximum atomic E-state index is 10.6. The zero-order chi connectivity index (χ0) is 18.3. The summed E-state index contributed by atoms with van der Waals surface area (Å²) in [5.74, 6) is -0.663. The van der Waals surface area contributed by atoms with Gasteiger partial charge in [0.2, 0.25) is 0 Å². The van der Waals surface area contributed by atoms with Crippen molar-refractivity contribution in [3.63, 3.8) is 0 Å². The van der Waals surface area contributed by atoms with E-state index in [0.717, 1.165) is 18.4 Å². The summed E-state index contributed by atoms with van der Waals surface area (Å²) in [5.41, 5.74) is 4.52. The highest BCUT2D eigenvalue weighted by Gasteiger charge is 2.31. The summed E-state index contributed by atoms with van der Waals surface area (Å²) in [6.45, 7) is 10.6. The molecule has 0 aromatic heterocycles. The quantitative estimate of drug-likeness (QED) is 0.542. The lowest BCUT2D eigenvalue weighted by Gasteiger charge is -2.36. The number of carboxylic acids is 1. The van der Waals surface area contributed by atoms with Crippen LogP contribution in [-0.2, 0) is 4.79 Å². The van der Waals surface area contributed by atoms with Crippen molar-refractivity contribution in [3.05, 3.63) is 58.7 Å². The van der Waals surface area contributed by atoms with E-state index in [-0.39, 0.29) is 17.9 Å². The van der Waals surface area contributed by atoms with Crippen LogP contribution in [0.2, 0.25) is 0 Å². The zero-order valence-corrected chi connectivity index (χ0v) is 15.5. The predicted molar refractivity (Wildman–Crippen MR) is 99.7 cm³/mol. The molecule has 3 heteroatoms. The Hall–Kier alpha value is -1.87. The summed E-state index contributed by atoms with van der Waals surface area (Å²) in [6, 6.07) is 0. The largest absolute Gasteiger partial charge is 0.478 e. The Morgan fingerprint density at radius 3 is 2.50 bits per heavy atom. The molecule has 0 aliphatic heterocycles. The molecule has 0 radical (unpaired) electrons. The van der Waals surface area contributed by atoms with Crippen LogP contribution in [-0.4, -0.2) is 22.8 Å². The van der Waals surface area contributed by atoms with E-state index < -0.39 is 5.97 Å². The van der Waals surface area contributed by atoms with Gasteiger partial charge in [-0.05, 0) is 50.2 Å². The molecular weight excluding hydrogens is 300 g/mol. The molecule has 0 amide bonds. The first-order valence-electron chi connectivity index (χ1n) is 8.43. The van der Waals surface area contributed by atoms with Crippen molar-refractivity contribution in [2.75, 3.05) is 6.61 Å². The number of aliphatic hydroxyl groups excluding tert-OH is 1. The fourth-order valence-electron chi connectivity index (χ4n) is 3.09. The van der Waals surface area contributed by atoms with Crippen LogP contribution in [0, 0.1) is 11.3 Å². The average molecular weight is 330 g/mol. The second-order valence-corrected chi connectivity index (χ2v) is 7.23. The van der Waals surface area contributed by atoms with Gasteiger partial charge in [0, 0.05) is 18.6 Å². The molecule has 0 aromatic rings. The highest BCUT2D eigenvalue weighted by molar-refractivity contribution is 5.81. The van der Waals surface area contributed by atoms with Gasteiger partial charge in [0.15, 0.2) is 0 Å². The first-order chi connectivity index (χ1) is 11.2. The Labute approximate surface area is 145 Å². The standard InChI is InChI=1S/C21H30O3/c1-15(7-6-8-16(2)13-20(23)24)9-10-19-17(3)18(14-22)11-12-21(19,4)5/h6-10,13,18,22H,11-12,14H2,1-5H3,(H,23,24).